The van der Waals surface area contributed by atoms with Crippen molar-refractivity contribution in [3.63, 3.8) is 0 Å². The Morgan fingerprint density at radius 3 is 2.14 bits per heavy atom. The van der Waals surface area contributed by atoms with Gasteiger partial charge in [-0.2, -0.15) is 0 Å². The van der Waals surface area contributed by atoms with Gasteiger partial charge in [0.05, 0.1) is 33.0 Å². The molecule has 4 heteroatoms. The van der Waals surface area contributed by atoms with Crippen molar-refractivity contribution in [1.29, 1.82) is 0 Å². The van der Waals surface area contributed by atoms with Crippen LogP contribution in [-0.4, -0.2) is 53.2 Å². The first kappa shape index (κ1) is 13.8. The minimum Gasteiger partial charge on any atom is -0.382 e. The van der Waals surface area contributed by atoms with Gasteiger partial charge in [0.1, 0.15) is 0 Å². The third-order valence-corrected chi connectivity index (χ3v) is 1.65. The second-order valence-electron chi connectivity index (χ2n) is 2.97. The Bertz CT molecular complexity index is 89.4. The van der Waals surface area contributed by atoms with E-state index in [0.29, 0.717) is 26.4 Å². The average molecular weight is 205 g/mol. The molecule has 0 aromatic rings. The fraction of sp³-hybridized carbons (Fsp3) is 1.00. The Morgan fingerprint density at radius 1 is 0.857 bits per heavy atom. The molecule has 1 N–H and O–H groups in total. The summed E-state index contributed by atoms with van der Waals surface area (Å²) in [6, 6.07) is 0. The summed E-state index contributed by atoms with van der Waals surface area (Å²) in [6.07, 6.45) is 1.17. The normalized spacial score (nSPS) is 10.7. The Morgan fingerprint density at radius 2 is 1.50 bits per heavy atom. The van der Waals surface area contributed by atoms with Crippen molar-refractivity contribution in [3.05, 3.63) is 0 Å². The van der Waals surface area contributed by atoms with Crippen molar-refractivity contribution in [2.24, 2.45) is 0 Å². The molecule has 0 aromatic heterocycles. The molecule has 0 amide bonds. The minimum absolute atomic E-state index is 0.647. The lowest BCUT2D eigenvalue weighted by Gasteiger charge is -2.05. The van der Waals surface area contributed by atoms with E-state index in [1.165, 1.54) is 6.42 Å². The summed E-state index contributed by atoms with van der Waals surface area (Å²) in [7, 11) is 1.67. The molecule has 0 atom stereocenters. The summed E-state index contributed by atoms with van der Waals surface area (Å²) in [5.74, 6) is 0. The van der Waals surface area contributed by atoms with Crippen LogP contribution in [0.25, 0.3) is 0 Å². The van der Waals surface area contributed by atoms with Gasteiger partial charge >= 0.3 is 0 Å². The van der Waals surface area contributed by atoms with E-state index in [4.69, 9.17) is 14.2 Å². The van der Waals surface area contributed by atoms with E-state index in [9.17, 15) is 0 Å². The van der Waals surface area contributed by atoms with Gasteiger partial charge in [0.2, 0.25) is 0 Å². The molecule has 0 aliphatic heterocycles. The zero-order chi connectivity index (χ0) is 10.5. The van der Waals surface area contributed by atoms with Crippen molar-refractivity contribution in [2.75, 3.05) is 53.2 Å². The van der Waals surface area contributed by atoms with Crippen LogP contribution in [0.3, 0.4) is 0 Å². The van der Waals surface area contributed by atoms with E-state index in [0.717, 1.165) is 19.7 Å². The van der Waals surface area contributed by atoms with Crippen LogP contribution in [0.5, 0.6) is 0 Å². The maximum Gasteiger partial charge on any atom is 0.0701 e. The van der Waals surface area contributed by atoms with Crippen LogP contribution in [0.2, 0.25) is 0 Å². The molecule has 0 fully saturated rings. The summed E-state index contributed by atoms with van der Waals surface area (Å²) < 4.78 is 15.4. The third-order valence-electron chi connectivity index (χ3n) is 1.65. The number of methoxy groups -OCH3 is 1. The molecule has 0 aromatic carbocycles. The first-order valence-electron chi connectivity index (χ1n) is 5.27. The number of rotatable bonds is 11. The van der Waals surface area contributed by atoms with Gasteiger partial charge in [0, 0.05) is 13.7 Å². The first-order valence-corrected chi connectivity index (χ1v) is 5.27. The molecule has 0 saturated carbocycles. The Labute approximate surface area is 86.9 Å². The second kappa shape index (κ2) is 12.8. The van der Waals surface area contributed by atoms with Gasteiger partial charge < -0.3 is 19.5 Å². The molecule has 14 heavy (non-hydrogen) atoms. The quantitative estimate of drug-likeness (QED) is 0.503. The highest BCUT2D eigenvalue weighted by atomic mass is 16.5. The van der Waals surface area contributed by atoms with Crippen LogP contribution >= 0.6 is 0 Å². The summed E-state index contributed by atoms with van der Waals surface area (Å²) in [4.78, 5) is 0. The highest BCUT2D eigenvalue weighted by Crippen LogP contribution is 1.79. The van der Waals surface area contributed by atoms with E-state index in [1.54, 1.807) is 7.11 Å². The monoisotopic (exact) mass is 205 g/mol. The zero-order valence-electron chi connectivity index (χ0n) is 9.38. The van der Waals surface area contributed by atoms with Crippen molar-refractivity contribution in [1.82, 2.24) is 5.32 Å². The van der Waals surface area contributed by atoms with Gasteiger partial charge in [-0.3, -0.25) is 0 Å². The van der Waals surface area contributed by atoms with Crippen molar-refractivity contribution in [3.8, 4) is 0 Å². The summed E-state index contributed by atoms with van der Waals surface area (Å²) in [5, 5.41) is 3.26. The molecule has 0 radical (unpaired) electrons. The van der Waals surface area contributed by atoms with E-state index < -0.39 is 0 Å². The van der Waals surface area contributed by atoms with Crippen LogP contribution in [0.1, 0.15) is 13.3 Å². The van der Waals surface area contributed by atoms with Crippen LogP contribution < -0.4 is 5.32 Å². The molecule has 0 unspecified atom stereocenters. The minimum atomic E-state index is 0.647. The smallest absolute Gasteiger partial charge is 0.0701 e. The van der Waals surface area contributed by atoms with Crippen LogP contribution in [-0.2, 0) is 14.2 Å². The topological polar surface area (TPSA) is 39.7 Å². The predicted octanol–water partition coefficient (Wildman–Crippen LogP) is 0.666. The molecule has 0 spiro atoms. The van der Waals surface area contributed by atoms with Crippen molar-refractivity contribution < 1.29 is 14.2 Å². The molecule has 0 heterocycles. The maximum absolute atomic E-state index is 5.33. The summed E-state index contributed by atoms with van der Waals surface area (Å²) in [5.41, 5.74) is 0. The van der Waals surface area contributed by atoms with E-state index in [-0.39, 0.29) is 0 Å². The molecule has 86 valence electrons. The number of ether oxygens (including phenoxy) is 3. The zero-order valence-corrected chi connectivity index (χ0v) is 9.38. The number of nitrogens with one attached hydrogen (secondary N) is 1. The Hall–Kier alpha value is -0.160. The molecule has 0 rings (SSSR count). The van der Waals surface area contributed by atoms with Gasteiger partial charge in [-0.1, -0.05) is 6.92 Å². The highest BCUT2D eigenvalue weighted by Gasteiger charge is 1.89. The molecule has 0 saturated heterocycles. The van der Waals surface area contributed by atoms with Crippen LogP contribution in [0, 0.1) is 0 Å². The second-order valence-corrected chi connectivity index (χ2v) is 2.97. The van der Waals surface area contributed by atoms with E-state index >= 15 is 0 Å². The fourth-order valence-corrected chi connectivity index (χ4v) is 0.910. The van der Waals surface area contributed by atoms with Gasteiger partial charge in [0.15, 0.2) is 0 Å². The van der Waals surface area contributed by atoms with Crippen molar-refractivity contribution >= 4 is 0 Å². The van der Waals surface area contributed by atoms with Gasteiger partial charge in [-0.15, -0.1) is 0 Å². The lowest BCUT2D eigenvalue weighted by atomic mass is 10.5. The Balaban J connectivity index is 2.78. The molecule has 0 aliphatic rings. The average Bonchev–Trinajstić information content (AvgIpc) is 2.21. The van der Waals surface area contributed by atoms with Gasteiger partial charge in [-0.05, 0) is 13.0 Å². The lowest BCUT2D eigenvalue weighted by Crippen LogP contribution is -2.21. The molecule has 0 aliphatic carbocycles. The Kier molecular flexibility index (Phi) is 12.7. The standard InChI is InChI=1S/C10H23NO3/c1-3-4-11-5-6-13-9-10-14-8-7-12-2/h11H,3-10H2,1-2H3. The van der Waals surface area contributed by atoms with E-state index in [1.807, 2.05) is 0 Å². The fourth-order valence-electron chi connectivity index (χ4n) is 0.910. The third kappa shape index (κ3) is 11.8. The summed E-state index contributed by atoms with van der Waals surface area (Å²) >= 11 is 0. The lowest BCUT2D eigenvalue weighted by molar-refractivity contribution is 0.0256. The van der Waals surface area contributed by atoms with Crippen LogP contribution in [0.4, 0.5) is 0 Å². The highest BCUT2D eigenvalue weighted by molar-refractivity contribution is 4.43. The molecule has 4 nitrogen and oxygen atoms in total. The first-order chi connectivity index (χ1) is 6.91. The molecular weight excluding hydrogens is 182 g/mol. The maximum atomic E-state index is 5.33. The molecule has 0 bridgehead atoms. The van der Waals surface area contributed by atoms with Gasteiger partial charge in [-0.25, -0.2) is 0 Å². The number of hydrogen-bond donors (Lipinski definition) is 1. The molecular formula is C10H23NO3. The number of hydrogen-bond acceptors (Lipinski definition) is 4. The predicted molar refractivity (Wildman–Crippen MR) is 56.7 cm³/mol. The largest absolute Gasteiger partial charge is 0.382 e. The summed E-state index contributed by atoms with van der Waals surface area (Å²) in [6.45, 7) is 7.51. The van der Waals surface area contributed by atoms with Gasteiger partial charge in [0.25, 0.3) is 0 Å². The SMILES string of the molecule is CCCNCCOCCOCCOC. The van der Waals surface area contributed by atoms with Crippen LogP contribution in [0.15, 0.2) is 0 Å². The van der Waals surface area contributed by atoms with Crippen molar-refractivity contribution in [2.45, 2.75) is 13.3 Å². The van der Waals surface area contributed by atoms with E-state index in [2.05, 4.69) is 12.2 Å².